The standard InChI is InChI=1S/C13H30N4/c1-5-13(2,14)12-17-10-8-16(9-11-17)7-6-15(3)4/h5-12,14H2,1-4H3. The van der Waals surface area contributed by atoms with E-state index in [4.69, 9.17) is 5.73 Å². The highest BCUT2D eigenvalue weighted by atomic mass is 15.3. The quantitative estimate of drug-likeness (QED) is 0.726. The van der Waals surface area contributed by atoms with Crippen LogP contribution in [0.15, 0.2) is 0 Å². The van der Waals surface area contributed by atoms with Crippen LogP contribution in [0, 0.1) is 0 Å². The second-order valence-electron chi connectivity index (χ2n) is 5.93. The van der Waals surface area contributed by atoms with E-state index in [2.05, 4.69) is 42.6 Å². The van der Waals surface area contributed by atoms with E-state index >= 15 is 0 Å². The lowest BCUT2D eigenvalue weighted by Gasteiger charge is -2.38. The zero-order valence-electron chi connectivity index (χ0n) is 12.1. The number of piperazine rings is 1. The second-order valence-corrected chi connectivity index (χ2v) is 5.93. The Morgan fingerprint density at radius 3 is 2.12 bits per heavy atom. The van der Waals surface area contributed by atoms with Crippen LogP contribution in [0.1, 0.15) is 20.3 Å². The van der Waals surface area contributed by atoms with Crippen LogP contribution in [0.25, 0.3) is 0 Å². The van der Waals surface area contributed by atoms with Crippen molar-refractivity contribution < 1.29 is 0 Å². The molecule has 0 aromatic heterocycles. The summed E-state index contributed by atoms with van der Waals surface area (Å²) in [4.78, 5) is 7.31. The molecule has 4 nitrogen and oxygen atoms in total. The number of rotatable bonds is 6. The fourth-order valence-corrected chi connectivity index (χ4v) is 2.14. The molecular formula is C13H30N4. The molecule has 0 bridgehead atoms. The van der Waals surface area contributed by atoms with Crippen LogP contribution in [0.3, 0.4) is 0 Å². The minimum Gasteiger partial charge on any atom is -0.324 e. The predicted molar refractivity (Wildman–Crippen MR) is 74.3 cm³/mol. The summed E-state index contributed by atoms with van der Waals surface area (Å²) in [6.45, 7) is 12.4. The van der Waals surface area contributed by atoms with Gasteiger partial charge in [-0.05, 0) is 27.4 Å². The summed E-state index contributed by atoms with van der Waals surface area (Å²) in [6.07, 6.45) is 1.05. The topological polar surface area (TPSA) is 35.7 Å². The highest BCUT2D eigenvalue weighted by molar-refractivity contribution is 4.83. The molecule has 17 heavy (non-hydrogen) atoms. The predicted octanol–water partition coefficient (Wildman–Crippen LogP) is 0.293. The van der Waals surface area contributed by atoms with Gasteiger partial charge in [0.05, 0.1) is 0 Å². The van der Waals surface area contributed by atoms with Gasteiger partial charge >= 0.3 is 0 Å². The summed E-state index contributed by atoms with van der Waals surface area (Å²) in [5, 5.41) is 0. The van der Waals surface area contributed by atoms with Crippen molar-refractivity contribution in [1.29, 1.82) is 0 Å². The number of nitrogens with two attached hydrogens (primary N) is 1. The highest BCUT2D eigenvalue weighted by Crippen LogP contribution is 2.10. The summed E-state index contributed by atoms with van der Waals surface area (Å²) < 4.78 is 0. The molecule has 4 heteroatoms. The molecule has 0 aromatic rings. The summed E-state index contributed by atoms with van der Waals surface area (Å²) in [5.41, 5.74) is 6.20. The smallest absolute Gasteiger partial charge is 0.0252 e. The molecule has 0 saturated carbocycles. The first-order valence-corrected chi connectivity index (χ1v) is 6.81. The van der Waals surface area contributed by atoms with Crippen molar-refractivity contribution in [2.24, 2.45) is 5.73 Å². The molecule has 0 amide bonds. The van der Waals surface area contributed by atoms with E-state index in [1.807, 2.05) is 0 Å². The Balaban J connectivity index is 2.21. The molecule has 1 fully saturated rings. The zero-order valence-corrected chi connectivity index (χ0v) is 12.1. The first-order valence-electron chi connectivity index (χ1n) is 6.81. The van der Waals surface area contributed by atoms with Gasteiger partial charge in [-0.3, -0.25) is 9.80 Å². The molecule has 1 rings (SSSR count). The van der Waals surface area contributed by atoms with Gasteiger partial charge in [0.1, 0.15) is 0 Å². The Labute approximate surface area is 107 Å². The van der Waals surface area contributed by atoms with Gasteiger partial charge in [0, 0.05) is 51.4 Å². The molecule has 0 aromatic carbocycles. The van der Waals surface area contributed by atoms with E-state index in [1.165, 1.54) is 32.7 Å². The summed E-state index contributed by atoms with van der Waals surface area (Å²) in [5.74, 6) is 0. The van der Waals surface area contributed by atoms with Gasteiger partial charge in [0.25, 0.3) is 0 Å². The van der Waals surface area contributed by atoms with Crippen LogP contribution < -0.4 is 5.73 Å². The van der Waals surface area contributed by atoms with Crippen molar-refractivity contribution in [3.63, 3.8) is 0 Å². The maximum atomic E-state index is 6.22. The second kappa shape index (κ2) is 6.69. The summed E-state index contributed by atoms with van der Waals surface area (Å²) in [6, 6.07) is 0. The third kappa shape index (κ3) is 5.82. The fraction of sp³-hybridized carbons (Fsp3) is 1.00. The van der Waals surface area contributed by atoms with Crippen LogP contribution in [0.4, 0.5) is 0 Å². The molecule has 0 spiro atoms. The molecule has 2 N–H and O–H groups in total. The van der Waals surface area contributed by atoms with Crippen LogP contribution in [-0.4, -0.2) is 80.1 Å². The molecule has 1 aliphatic rings. The number of likely N-dealkylation sites (N-methyl/N-ethyl adjacent to an activating group) is 1. The Morgan fingerprint density at radius 1 is 1.12 bits per heavy atom. The molecule has 1 unspecified atom stereocenters. The Bertz CT molecular complexity index is 207. The number of nitrogens with zero attached hydrogens (tertiary/aromatic N) is 3. The zero-order chi connectivity index (χ0) is 12.9. The van der Waals surface area contributed by atoms with E-state index in [-0.39, 0.29) is 5.54 Å². The average Bonchev–Trinajstić information content (AvgIpc) is 2.28. The average molecular weight is 242 g/mol. The number of hydrogen-bond donors (Lipinski definition) is 1. The van der Waals surface area contributed by atoms with Gasteiger partial charge in [-0.2, -0.15) is 0 Å². The van der Waals surface area contributed by atoms with Crippen LogP contribution >= 0.6 is 0 Å². The van der Waals surface area contributed by atoms with Crippen molar-refractivity contribution in [1.82, 2.24) is 14.7 Å². The van der Waals surface area contributed by atoms with Crippen LogP contribution in [0.5, 0.6) is 0 Å². The van der Waals surface area contributed by atoms with Gasteiger partial charge in [-0.1, -0.05) is 6.92 Å². The van der Waals surface area contributed by atoms with E-state index < -0.39 is 0 Å². The maximum absolute atomic E-state index is 6.22. The molecule has 102 valence electrons. The van der Waals surface area contributed by atoms with Gasteiger partial charge in [-0.15, -0.1) is 0 Å². The normalized spacial score (nSPS) is 22.9. The van der Waals surface area contributed by atoms with Crippen molar-refractivity contribution in [3.05, 3.63) is 0 Å². The highest BCUT2D eigenvalue weighted by Gasteiger charge is 2.23. The Morgan fingerprint density at radius 2 is 1.65 bits per heavy atom. The molecule has 1 atom stereocenters. The molecule has 1 heterocycles. The molecule has 1 aliphatic heterocycles. The third-order valence-corrected chi connectivity index (χ3v) is 3.72. The molecule has 1 saturated heterocycles. The van der Waals surface area contributed by atoms with Gasteiger partial charge < -0.3 is 10.6 Å². The van der Waals surface area contributed by atoms with E-state index in [1.54, 1.807) is 0 Å². The van der Waals surface area contributed by atoms with Crippen molar-refractivity contribution in [2.45, 2.75) is 25.8 Å². The molecular weight excluding hydrogens is 212 g/mol. The fourth-order valence-electron chi connectivity index (χ4n) is 2.14. The van der Waals surface area contributed by atoms with E-state index in [9.17, 15) is 0 Å². The lowest BCUT2D eigenvalue weighted by molar-refractivity contribution is 0.107. The maximum Gasteiger partial charge on any atom is 0.0252 e. The first kappa shape index (κ1) is 14.9. The number of hydrogen-bond acceptors (Lipinski definition) is 4. The van der Waals surface area contributed by atoms with E-state index in [0.717, 1.165) is 19.5 Å². The lowest BCUT2D eigenvalue weighted by Crippen LogP contribution is -2.54. The minimum atomic E-state index is -0.0220. The van der Waals surface area contributed by atoms with Gasteiger partial charge in [0.15, 0.2) is 0 Å². The van der Waals surface area contributed by atoms with Crippen LogP contribution in [0.2, 0.25) is 0 Å². The van der Waals surface area contributed by atoms with Crippen molar-refractivity contribution in [2.75, 3.05) is 59.9 Å². The van der Waals surface area contributed by atoms with Gasteiger partial charge in [-0.25, -0.2) is 0 Å². The van der Waals surface area contributed by atoms with Crippen molar-refractivity contribution in [3.8, 4) is 0 Å². The Kier molecular flexibility index (Phi) is 5.86. The largest absolute Gasteiger partial charge is 0.324 e. The molecule has 0 radical (unpaired) electrons. The van der Waals surface area contributed by atoms with Gasteiger partial charge in [0.2, 0.25) is 0 Å². The summed E-state index contributed by atoms with van der Waals surface area (Å²) in [7, 11) is 4.27. The van der Waals surface area contributed by atoms with Crippen molar-refractivity contribution >= 4 is 0 Å². The monoisotopic (exact) mass is 242 g/mol. The molecule has 0 aliphatic carbocycles. The minimum absolute atomic E-state index is 0.0220. The third-order valence-electron chi connectivity index (χ3n) is 3.72. The lowest BCUT2D eigenvalue weighted by atomic mass is 9.99. The Hall–Kier alpha value is -0.160. The first-order chi connectivity index (χ1) is 7.93. The van der Waals surface area contributed by atoms with Crippen LogP contribution in [-0.2, 0) is 0 Å². The summed E-state index contributed by atoms with van der Waals surface area (Å²) >= 11 is 0. The van der Waals surface area contributed by atoms with E-state index in [0.29, 0.717) is 0 Å². The SMILES string of the molecule is CCC(C)(N)CN1CCN(CCN(C)C)CC1.